The molecule has 92 valence electrons. The summed E-state index contributed by atoms with van der Waals surface area (Å²) < 4.78 is 0. The van der Waals surface area contributed by atoms with Gasteiger partial charge in [0.2, 0.25) is 5.91 Å². The van der Waals surface area contributed by atoms with Crippen molar-refractivity contribution in [2.24, 2.45) is 0 Å². The monoisotopic (exact) mass is 234 g/mol. The first-order chi connectivity index (χ1) is 8.29. The van der Waals surface area contributed by atoms with E-state index in [0.29, 0.717) is 19.0 Å². The topological polar surface area (TPSA) is 61.0 Å². The highest BCUT2D eigenvalue weighted by atomic mass is 16.2. The number of rotatable bonds is 3. The van der Waals surface area contributed by atoms with Crippen molar-refractivity contribution in [1.29, 1.82) is 0 Å². The molecule has 1 unspecified atom stereocenters. The van der Waals surface area contributed by atoms with Crippen molar-refractivity contribution in [2.45, 2.75) is 44.8 Å². The Bertz CT molecular complexity index is 424. The summed E-state index contributed by atoms with van der Waals surface area (Å²) in [6.45, 7) is 3.59. The molecule has 2 aliphatic rings. The Labute approximate surface area is 101 Å². The van der Waals surface area contributed by atoms with Crippen LogP contribution in [0.1, 0.15) is 31.2 Å². The maximum Gasteiger partial charge on any atom is 0.240 e. The van der Waals surface area contributed by atoms with Crippen molar-refractivity contribution in [3.05, 3.63) is 17.7 Å². The average molecular weight is 234 g/mol. The van der Waals surface area contributed by atoms with E-state index in [0.717, 1.165) is 17.9 Å². The number of carbonyl (C=O) groups excluding carboxylic acids is 1. The predicted molar refractivity (Wildman–Crippen MR) is 63.3 cm³/mol. The van der Waals surface area contributed by atoms with Crippen LogP contribution in [-0.4, -0.2) is 39.4 Å². The van der Waals surface area contributed by atoms with Crippen LogP contribution >= 0.6 is 0 Å². The Kier molecular flexibility index (Phi) is 2.63. The summed E-state index contributed by atoms with van der Waals surface area (Å²) in [5.74, 6) is 0.239. The van der Waals surface area contributed by atoms with Gasteiger partial charge in [0.1, 0.15) is 0 Å². The van der Waals surface area contributed by atoms with Gasteiger partial charge in [0.15, 0.2) is 0 Å². The second kappa shape index (κ2) is 4.14. The lowest BCUT2D eigenvalue weighted by molar-refractivity contribution is -0.134. The smallest absolute Gasteiger partial charge is 0.240 e. The van der Waals surface area contributed by atoms with Crippen molar-refractivity contribution in [3.63, 3.8) is 0 Å². The van der Waals surface area contributed by atoms with E-state index < -0.39 is 0 Å². The number of imidazole rings is 1. The quantitative estimate of drug-likeness (QED) is 0.797. The third-order valence-corrected chi connectivity index (χ3v) is 3.64. The minimum atomic E-state index is -0.0913. The van der Waals surface area contributed by atoms with Crippen molar-refractivity contribution >= 4 is 5.91 Å². The number of nitrogens with one attached hydrogen (secondary N) is 2. The summed E-state index contributed by atoms with van der Waals surface area (Å²) in [6.07, 6.45) is 4.75. The van der Waals surface area contributed by atoms with Crippen LogP contribution in [0.25, 0.3) is 0 Å². The molecule has 1 fully saturated rings. The first-order valence-corrected chi connectivity index (χ1v) is 6.34. The Morgan fingerprint density at radius 1 is 1.59 bits per heavy atom. The Morgan fingerprint density at radius 2 is 2.41 bits per heavy atom. The fraction of sp³-hybridized carbons (Fsp3) is 0.667. The number of amides is 1. The molecule has 5 heteroatoms. The predicted octanol–water partition coefficient (Wildman–Crippen LogP) is 0.435. The molecule has 2 N–H and O–H groups in total. The highest BCUT2D eigenvalue weighted by Crippen LogP contribution is 2.27. The minimum Gasteiger partial charge on any atom is -0.347 e. The van der Waals surface area contributed by atoms with Gasteiger partial charge >= 0.3 is 0 Å². The number of aromatic amines is 1. The molecule has 1 aromatic heterocycles. The van der Waals surface area contributed by atoms with Gasteiger partial charge in [-0.2, -0.15) is 0 Å². The summed E-state index contributed by atoms with van der Waals surface area (Å²) >= 11 is 0. The zero-order chi connectivity index (χ0) is 11.8. The SMILES string of the molecule is CCN(C(=O)C1Cc2nc[nH]c2CN1)C1CC1. The summed E-state index contributed by atoms with van der Waals surface area (Å²) in [6, 6.07) is 0.404. The summed E-state index contributed by atoms with van der Waals surface area (Å²) in [4.78, 5) is 21.7. The Balaban J connectivity index is 1.71. The van der Waals surface area contributed by atoms with Crippen molar-refractivity contribution in [1.82, 2.24) is 20.2 Å². The summed E-state index contributed by atoms with van der Waals surface area (Å²) in [5, 5.41) is 3.30. The van der Waals surface area contributed by atoms with Gasteiger partial charge < -0.3 is 9.88 Å². The number of hydrogen-bond donors (Lipinski definition) is 2. The summed E-state index contributed by atoms with van der Waals surface area (Å²) in [5.41, 5.74) is 2.15. The largest absolute Gasteiger partial charge is 0.347 e. The molecule has 1 aliphatic carbocycles. The molecule has 1 aromatic rings. The zero-order valence-corrected chi connectivity index (χ0v) is 10.1. The van der Waals surface area contributed by atoms with Crippen LogP contribution in [0, 0.1) is 0 Å². The van der Waals surface area contributed by atoms with Gasteiger partial charge in [-0.25, -0.2) is 4.98 Å². The molecule has 0 radical (unpaired) electrons. The average Bonchev–Trinajstić information content (AvgIpc) is 3.07. The number of hydrogen-bond acceptors (Lipinski definition) is 3. The van der Waals surface area contributed by atoms with E-state index in [9.17, 15) is 4.79 Å². The zero-order valence-electron chi connectivity index (χ0n) is 10.1. The molecular formula is C12H18N4O. The standard InChI is InChI=1S/C12H18N4O/c1-2-16(8-3-4-8)12(17)10-5-9-11(6-13-10)15-7-14-9/h7-8,10,13H,2-6H2,1H3,(H,14,15). The number of fused-ring (bicyclic) bond motifs is 1. The molecular weight excluding hydrogens is 216 g/mol. The van der Waals surface area contributed by atoms with Crippen LogP contribution in [0.5, 0.6) is 0 Å². The van der Waals surface area contributed by atoms with Gasteiger partial charge in [-0.3, -0.25) is 10.1 Å². The molecule has 1 atom stereocenters. The van der Waals surface area contributed by atoms with E-state index in [-0.39, 0.29) is 11.9 Å². The third-order valence-electron chi connectivity index (χ3n) is 3.64. The van der Waals surface area contributed by atoms with Crippen LogP contribution in [0.2, 0.25) is 0 Å². The molecule has 0 bridgehead atoms. The van der Waals surface area contributed by atoms with Crippen molar-refractivity contribution in [3.8, 4) is 0 Å². The molecule has 1 aliphatic heterocycles. The molecule has 0 spiro atoms. The highest BCUT2D eigenvalue weighted by molar-refractivity contribution is 5.83. The second-order valence-corrected chi connectivity index (χ2v) is 4.82. The fourth-order valence-corrected chi connectivity index (χ4v) is 2.52. The number of carbonyl (C=O) groups is 1. The molecule has 3 rings (SSSR count). The van der Waals surface area contributed by atoms with Gasteiger partial charge in [-0.1, -0.05) is 0 Å². The van der Waals surface area contributed by atoms with Crippen LogP contribution in [0.4, 0.5) is 0 Å². The van der Waals surface area contributed by atoms with E-state index >= 15 is 0 Å². The van der Waals surface area contributed by atoms with Crippen LogP contribution in [-0.2, 0) is 17.8 Å². The minimum absolute atomic E-state index is 0.0913. The maximum absolute atomic E-state index is 12.4. The van der Waals surface area contributed by atoms with E-state index in [1.807, 2.05) is 4.90 Å². The lowest BCUT2D eigenvalue weighted by Crippen LogP contribution is -2.50. The molecule has 2 heterocycles. The molecule has 1 amide bonds. The van der Waals surface area contributed by atoms with Crippen molar-refractivity contribution < 1.29 is 4.79 Å². The Hall–Kier alpha value is -1.36. The van der Waals surface area contributed by atoms with Crippen LogP contribution < -0.4 is 5.32 Å². The van der Waals surface area contributed by atoms with E-state index in [1.165, 1.54) is 12.8 Å². The molecule has 0 saturated heterocycles. The first kappa shape index (κ1) is 10.8. The molecule has 0 aromatic carbocycles. The fourth-order valence-electron chi connectivity index (χ4n) is 2.52. The molecule has 17 heavy (non-hydrogen) atoms. The number of H-pyrrole nitrogens is 1. The Morgan fingerprint density at radius 3 is 3.12 bits per heavy atom. The van der Waals surface area contributed by atoms with Crippen LogP contribution in [0.15, 0.2) is 6.33 Å². The van der Waals surface area contributed by atoms with Gasteiger partial charge in [0.25, 0.3) is 0 Å². The number of aromatic nitrogens is 2. The highest BCUT2D eigenvalue weighted by Gasteiger charge is 2.36. The normalized spacial score (nSPS) is 23.2. The maximum atomic E-state index is 12.4. The molecule has 1 saturated carbocycles. The third kappa shape index (κ3) is 1.95. The lowest BCUT2D eigenvalue weighted by Gasteiger charge is -2.29. The van der Waals surface area contributed by atoms with Crippen LogP contribution in [0.3, 0.4) is 0 Å². The molecule has 5 nitrogen and oxygen atoms in total. The van der Waals surface area contributed by atoms with Gasteiger partial charge in [0.05, 0.1) is 23.8 Å². The van der Waals surface area contributed by atoms with E-state index in [1.54, 1.807) is 6.33 Å². The van der Waals surface area contributed by atoms with E-state index in [4.69, 9.17) is 0 Å². The summed E-state index contributed by atoms with van der Waals surface area (Å²) in [7, 11) is 0. The van der Waals surface area contributed by atoms with Crippen molar-refractivity contribution in [2.75, 3.05) is 6.54 Å². The van der Waals surface area contributed by atoms with Gasteiger partial charge in [-0.15, -0.1) is 0 Å². The number of likely N-dealkylation sites (N-methyl/N-ethyl adjacent to an activating group) is 1. The van der Waals surface area contributed by atoms with Gasteiger partial charge in [-0.05, 0) is 19.8 Å². The van der Waals surface area contributed by atoms with E-state index in [2.05, 4.69) is 22.2 Å². The first-order valence-electron chi connectivity index (χ1n) is 6.34. The number of nitrogens with zero attached hydrogens (tertiary/aromatic N) is 2. The lowest BCUT2D eigenvalue weighted by atomic mass is 10.0. The second-order valence-electron chi connectivity index (χ2n) is 4.82. The van der Waals surface area contributed by atoms with Gasteiger partial charge in [0, 0.05) is 25.6 Å².